The van der Waals surface area contributed by atoms with E-state index in [9.17, 15) is 9.90 Å². The molecule has 1 N–H and O–H groups in total. The molecule has 0 bridgehead atoms. The maximum atomic E-state index is 10.7. The van der Waals surface area contributed by atoms with Gasteiger partial charge in [-0.2, -0.15) is 10.3 Å². The van der Waals surface area contributed by atoms with Crippen molar-refractivity contribution in [1.82, 2.24) is 0 Å². The Labute approximate surface area is 111 Å². The van der Waals surface area contributed by atoms with Crippen LogP contribution in [0.25, 0.3) is 0 Å². The maximum Gasteiger partial charge on any atom is 0.235 e. The quantitative estimate of drug-likeness (QED) is 0.666. The number of aliphatic imine (C=N–C) groups is 1. The highest BCUT2D eigenvalue weighted by Gasteiger charge is 2.39. The molecule has 0 saturated heterocycles. The molecule has 1 saturated carbocycles. The van der Waals surface area contributed by atoms with Crippen molar-refractivity contribution >= 4 is 6.08 Å². The third-order valence-electron chi connectivity index (χ3n) is 3.62. The molecule has 0 aliphatic heterocycles. The maximum absolute atomic E-state index is 10.7. The van der Waals surface area contributed by atoms with Gasteiger partial charge in [-0.25, -0.2) is 4.79 Å². The lowest BCUT2D eigenvalue weighted by Crippen LogP contribution is -2.19. The van der Waals surface area contributed by atoms with E-state index in [1.807, 2.05) is 6.07 Å². The molecule has 1 aromatic rings. The average molecular weight is 258 g/mol. The molecule has 2 rings (SSSR count). The van der Waals surface area contributed by atoms with E-state index in [2.05, 4.69) is 4.99 Å². The van der Waals surface area contributed by atoms with Crippen LogP contribution < -0.4 is 4.74 Å². The van der Waals surface area contributed by atoms with E-state index in [0.717, 1.165) is 12.8 Å². The summed E-state index contributed by atoms with van der Waals surface area (Å²) in [6.07, 6.45) is 4.75. The summed E-state index contributed by atoms with van der Waals surface area (Å²) in [6.45, 7) is 0. The summed E-state index contributed by atoms with van der Waals surface area (Å²) in [7, 11) is 1.42. The fourth-order valence-electron chi connectivity index (χ4n) is 2.67. The Kier molecular flexibility index (Phi) is 3.55. The first-order chi connectivity index (χ1) is 9.16. The molecule has 0 radical (unpaired) electrons. The fraction of sp³-hybridized carbons (Fsp3) is 0.429. The molecule has 1 aliphatic carbocycles. The normalized spacial score (nSPS) is 16.4. The number of nitriles is 1. The van der Waals surface area contributed by atoms with E-state index >= 15 is 0 Å². The van der Waals surface area contributed by atoms with Gasteiger partial charge in [-0.15, -0.1) is 0 Å². The van der Waals surface area contributed by atoms with Crippen LogP contribution >= 0.6 is 0 Å². The lowest BCUT2D eigenvalue weighted by molar-refractivity contribution is 0.355. The Bertz CT molecular complexity index is 577. The molecule has 98 valence electrons. The number of rotatable bonds is 3. The van der Waals surface area contributed by atoms with Crippen LogP contribution in [0.4, 0.5) is 0 Å². The first kappa shape index (κ1) is 13.1. The van der Waals surface area contributed by atoms with Gasteiger partial charge in [0.1, 0.15) is 5.54 Å². The van der Waals surface area contributed by atoms with Gasteiger partial charge < -0.3 is 9.84 Å². The minimum Gasteiger partial charge on any atom is -0.504 e. The minimum atomic E-state index is -0.772. The monoisotopic (exact) mass is 258 g/mol. The highest BCUT2D eigenvalue weighted by Crippen LogP contribution is 2.48. The van der Waals surface area contributed by atoms with Gasteiger partial charge in [0.05, 0.1) is 18.7 Å². The Morgan fingerprint density at radius 1 is 1.42 bits per heavy atom. The van der Waals surface area contributed by atoms with Crippen molar-refractivity contribution in [3.63, 3.8) is 0 Å². The summed E-state index contributed by atoms with van der Waals surface area (Å²) in [5.74, 6) is 0.170. The van der Waals surface area contributed by atoms with Crippen LogP contribution in [-0.4, -0.2) is 18.3 Å². The van der Waals surface area contributed by atoms with Gasteiger partial charge in [0.25, 0.3) is 0 Å². The van der Waals surface area contributed by atoms with E-state index in [-0.39, 0.29) is 11.5 Å². The Morgan fingerprint density at radius 2 is 2.11 bits per heavy atom. The molecule has 1 aromatic carbocycles. The smallest absolute Gasteiger partial charge is 0.235 e. The van der Waals surface area contributed by atoms with E-state index < -0.39 is 5.54 Å². The van der Waals surface area contributed by atoms with Crippen LogP contribution in [0.5, 0.6) is 11.5 Å². The Hall–Kier alpha value is -2.31. The van der Waals surface area contributed by atoms with E-state index in [0.29, 0.717) is 24.0 Å². The predicted octanol–water partition coefficient (Wildman–Crippen LogP) is 2.38. The number of hydrogen-bond acceptors (Lipinski definition) is 5. The second-order valence-electron chi connectivity index (χ2n) is 4.63. The zero-order valence-electron chi connectivity index (χ0n) is 10.6. The standard InChI is InChI=1S/C14H14N2O3/c1-19-12-7-10(8-15)6-11(13(12)18)14(16-9-17)4-2-3-5-14/h6-7,18H,2-5H2,1H3. The molecule has 0 aromatic heterocycles. The molecule has 0 unspecified atom stereocenters. The number of isocyanates is 1. The molecule has 0 atom stereocenters. The third kappa shape index (κ3) is 2.18. The van der Waals surface area contributed by atoms with Crippen LogP contribution in [0.3, 0.4) is 0 Å². The number of ether oxygens (including phenoxy) is 1. The van der Waals surface area contributed by atoms with Gasteiger partial charge in [-0.1, -0.05) is 12.8 Å². The Balaban J connectivity index is 2.66. The average Bonchev–Trinajstić information content (AvgIpc) is 2.89. The van der Waals surface area contributed by atoms with Crippen molar-refractivity contribution in [2.75, 3.05) is 7.11 Å². The van der Waals surface area contributed by atoms with Crippen molar-refractivity contribution in [2.45, 2.75) is 31.2 Å². The first-order valence-corrected chi connectivity index (χ1v) is 6.07. The number of methoxy groups -OCH3 is 1. The Morgan fingerprint density at radius 3 is 2.63 bits per heavy atom. The van der Waals surface area contributed by atoms with E-state index in [4.69, 9.17) is 10.00 Å². The molecule has 19 heavy (non-hydrogen) atoms. The van der Waals surface area contributed by atoms with Gasteiger partial charge in [0.15, 0.2) is 11.5 Å². The highest BCUT2D eigenvalue weighted by molar-refractivity contribution is 5.55. The third-order valence-corrected chi connectivity index (χ3v) is 3.62. The van der Waals surface area contributed by atoms with Crippen molar-refractivity contribution in [3.8, 4) is 17.6 Å². The van der Waals surface area contributed by atoms with Crippen molar-refractivity contribution in [2.24, 2.45) is 4.99 Å². The van der Waals surface area contributed by atoms with Crippen LogP contribution in [0, 0.1) is 11.3 Å². The minimum absolute atomic E-state index is 0.0533. The molecular weight excluding hydrogens is 244 g/mol. The molecule has 1 fully saturated rings. The molecule has 0 amide bonds. The van der Waals surface area contributed by atoms with Crippen molar-refractivity contribution in [1.29, 1.82) is 5.26 Å². The van der Waals surface area contributed by atoms with Crippen LogP contribution in [0.1, 0.15) is 36.8 Å². The zero-order chi connectivity index (χ0) is 13.9. The molecule has 5 nitrogen and oxygen atoms in total. The number of aromatic hydroxyl groups is 1. The summed E-state index contributed by atoms with van der Waals surface area (Å²) in [5, 5.41) is 19.3. The summed E-state index contributed by atoms with van der Waals surface area (Å²) in [6, 6.07) is 5.06. The second kappa shape index (κ2) is 5.13. The van der Waals surface area contributed by atoms with Crippen molar-refractivity contribution < 1.29 is 14.6 Å². The van der Waals surface area contributed by atoms with Gasteiger partial charge >= 0.3 is 0 Å². The SMILES string of the molecule is COc1cc(C#N)cc(C2(N=C=O)CCCC2)c1O. The zero-order valence-corrected chi connectivity index (χ0v) is 10.6. The lowest BCUT2D eigenvalue weighted by atomic mass is 9.87. The molecule has 0 heterocycles. The van der Waals surface area contributed by atoms with Crippen LogP contribution in [-0.2, 0) is 10.3 Å². The summed E-state index contributed by atoms with van der Waals surface area (Å²) in [5.41, 5.74) is 0.0765. The highest BCUT2D eigenvalue weighted by atomic mass is 16.5. The van der Waals surface area contributed by atoms with Gasteiger partial charge in [0.2, 0.25) is 6.08 Å². The number of phenolic OH excluding ortho intramolecular Hbond substituents is 1. The number of nitrogens with zero attached hydrogens (tertiary/aromatic N) is 2. The lowest BCUT2D eigenvalue weighted by Gasteiger charge is -2.24. The van der Waals surface area contributed by atoms with Crippen LogP contribution in [0.2, 0.25) is 0 Å². The van der Waals surface area contributed by atoms with E-state index in [1.165, 1.54) is 13.2 Å². The van der Waals surface area contributed by atoms with Gasteiger partial charge in [-0.3, -0.25) is 0 Å². The molecular formula is C14H14N2O3. The molecule has 0 spiro atoms. The largest absolute Gasteiger partial charge is 0.504 e. The first-order valence-electron chi connectivity index (χ1n) is 6.07. The summed E-state index contributed by atoms with van der Waals surface area (Å²) < 4.78 is 5.07. The van der Waals surface area contributed by atoms with Crippen molar-refractivity contribution in [3.05, 3.63) is 23.3 Å². The van der Waals surface area contributed by atoms with E-state index in [1.54, 1.807) is 12.1 Å². The number of hydrogen-bond donors (Lipinski definition) is 1. The second-order valence-corrected chi connectivity index (χ2v) is 4.63. The topological polar surface area (TPSA) is 82.7 Å². The predicted molar refractivity (Wildman–Crippen MR) is 67.6 cm³/mol. The molecule has 5 heteroatoms. The van der Waals surface area contributed by atoms with Gasteiger partial charge in [0, 0.05) is 11.6 Å². The number of carbonyl (C=O) groups excluding carboxylic acids is 1. The summed E-state index contributed by atoms with van der Waals surface area (Å²) >= 11 is 0. The van der Waals surface area contributed by atoms with Crippen LogP contribution in [0.15, 0.2) is 17.1 Å². The number of benzene rings is 1. The fourth-order valence-corrected chi connectivity index (χ4v) is 2.67. The summed E-state index contributed by atoms with van der Waals surface area (Å²) in [4.78, 5) is 14.6. The molecule has 1 aliphatic rings. The van der Waals surface area contributed by atoms with Gasteiger partial charge in [-0.05, 0) is 18.9 Å². The number of phenols is 1.